The van der Waals surface area contributed by atoms with E-state index in [1.807, 2.05) is 49.9 Å². The van der Waals surface area contributed by atoms with Crippen LogP contribution in [0.3, 0.4) is 0 Å². The zero-order chi connectivity index (χ0) is 25.6. The van der Waals surface area contributed by atoms with E-state index in [-0.39, 0.29) is 11.5 Å². The van der Waals surface area contributed by atoms with Gasteiger partial charge >= 0.3 is 6.09 Å². The van der Waals surface area contributed by atoms with Crippen LogP contribution in [0.2, 0.25) is 0 Å². The number of carbonyl (C=O) groups is 1. The Morgan fingerprint density at radius 1 is 1.22 bits per heavy atom. The lowest BCUT2D eigenvalue weighted by molar-refractivity contribution is -0.0270. The number of nitrogens with zero attached hydrogens (tertiary/aromatic N) is 7. The number of fused-ring (bicyclic) bond motifs is 1. The van der Waals surface area contributed by atoms with E-state index in [1.165, 1.54) is 0 Å². The maximum Gasteiger partial charge on any atom is 0.410 e. The molecule has 1 aliphatic heterocycles. The molecule has 0 radical (unpaired) electrons. The van der Waals surface area contributed by atoms with Crippen LogP contribution >= 0.6 is 0 Å². The van der Waals surface area contributed by atoms with Gasteiger partial charge in [0.05, 0.1) is 59.7 Å². The predicted molar refractivity (Wildman–Crippen MR) is 137 cm³/mol. The molecular formula is C28H29N7O2. The lowest BCUT2D eigenvalue weighted by atomic mass is 9.68. The first kappa shape index (κ1) is 23.2. The number of ether oxygens (including phenoxy) is 1. The lowest BCUT2D eigenvalue weighted by Gasteiger charge is -2.43. The van der Waals surface area contributed by atoms with Gasteiger partial charge in [-0.25, -0.2) is 9.78 Å². The first-order valence-electron chi connectivity index (χ1n) is 12.6. The molecule has 2 aliphatic rings. The van der Waals surface area contributed by atoms with Crippen LogP contribution in [0.5, 0.6) is 0 Å². The fraction of sp³-hybridized carbons (Fsp3) is 0.393. The van der Waals surface area contributed by atoms with E-state index in [4.69, 9.17) is 9.72 Å². The van der Waals surface area contributed by atoms with Crippen LogP contribution in [0.25, 0.3) is 22.3 Å². The predicted octanol–water partition coefficient (Wildman–Crippen LogP) is 4.67. The molecule has 188 valence electrons. The Morgan fingerprint density at radius 2 is 2.11 bits per heavy atom. The number of nitriles is 1. The summed E-state index contributed by atoms with van der Waals surface area (Å²) in [5.74, 6) is 0. The molecular weight excluding hydrogens is 466 g/mol. The molecule has 4 aromatic rings. The van der Waals surface area contributed by atoms with E-state index >= 15 is 0 Å². The first-order valence-corrected chi connectivity index (χ1v) is 12.6. The van der Waals surface area contributed by atoms with Crippen molar-refractivity contribution >= 4 is 17.1 Å². The first-order chi connectivity index (χ1) is 17.8. The second kappa shape index (κ2) is 8.73. The number of aryl methyl sites for hydroxylation is 1. The van der Waals surface area contributed by atoms with Crippen LogP contribution in [-0.2, 0) is 24.9 Å². The Balaban J connectivity index is 1.19. The van der Waals surface area contributed by atoms with Gasteiger partial charge < -0.3 is 9.30 Å². The second-order valence-corrected chi connectivity index (χ2v) is 10.9. The zero-order valence-electron chi connectivity index (χ0n) is 21.1. The van der Waals surface area contributed by atoms with Crippen molar-refractivity contribution in [3.63, 3.8) is 0 Å². The Kier molecular flexibility index (Phi) is 5.48. The average Bonchev–Trinajstić information content (AvgIpc) is 3.56. The quantitative estimate of drug-likeness (QED) is 0.399. The van der Waals surface area contributed by atoms with E-state index in [2.05, 4.69) is 27.6 Å². The standard InChI is InChI=1S/C28H29N7O2/c1-27(17-35-19-30-24-8-7-20(12-29)11-25(24)35)9-4-10-28(16-27)18-34(26(36)37-28)15-22-5-3-6-23(32-22)21-13-31-33(2)14-21/h3,5-8,11,13-14,19H,4,9-10,15-18H2,1-2H3/t27-,28+/m0/s1. The van der Waals surface area contributed by atoms with Crippen molar-refractivity contribution in [1.29, 1.82) is 5.26 Å². The molecule has 1 saturated carbocycles. The fourth-order valence-electron chi connectivity index (χ4n) is 6.10. The Morgan fingerprint density at radius 3 is 2.92 bits per heavy atom. The molecule has 9 heteroatoms. The number of imidazole rings is 1. The van der Waals surface area contributed by atoms with Crippen molar-refractivity contribution in [3.05, 3.63) is 66.4 Å². The molecule has 0 N–H and O–H groups in total. The minimum atomic E-state index is -0.501. The third kappa shape index (κ3) is 4.44. The van der Waals surface area contributed by atoms with Gasteiger partial charge in [-0.3, -0.25) is 14.6 Å². The van der Waals surface area contributed by atoms with Crippen LogP contribution < -0.4 is 0 Å². The third-order valence-electron chi connectivity index (χ3n) is 7.67. The normalized spacial score (nSPS) is 23.5. The summed E-state index contributed by atoms with van der Waals surface area (Å²) >= 11 is 0. The molecule has 2 fully saturated rings. The zero-order valence-corrected chi connectivity index (χ0v) is 21.1. The number of pyridine rings is 1. The molecule has 2 atom stereocenters. The Hall–Kier alpha value is -4.19. The average molecular weight is 496 g/mol. The van der Waals surface area contributed by atoms with Crippen LogP contribution in [0.4, 0.5) is 4.79 Å². The number of hydrogen-bond donors (Lipinski definition) is 0. The van der Waals surface area contributed by atoms with Gasteiger partial charge in [0.1, 0.15) is 5.60 Å². The van der Waals surface area contributed by atoms with Crippen LogP contribution in [0.1, 0.15) is 43.9 Å². The van der Waals surface area contributed by atoms with E-state index in [0.29, 0.717) is 18.7 Å². The van der Waals surface area contributed by atoms with Crippen molar-refractivity contribution in [3.8, 4) is 17.3 Å². The molecule has 1 aromatic carbocycles. The minimum absolute atomic E-state index is 0.0662. The van der Waals surface area contributed by atoms with Crippen molar-refractivity contribution in [2.75, 3.05) is 6.54 Å². The molecule has 3 aromatic heterocycles. The second-order valence-electron chi connectivity index (χ2n) is 10.9. The van der Waals surface area contributed by atoms with E-state index in [0.717, 1.165) is 60.2 Å². The van der Waals surface area contributed by atoms with Crippen molar-refractivity contribution in [2.24, 2.45) is 12.5 Å². The molecule has 4 heterocycles. The van der Waals surface area contributed by atoms with Gasteiger partial charge in [-0.05, 0) is 61.4 Å². The highest BCUT2D eigenvalue weighted by Crippen LogP contribution is 2.47. The number of amides is 1. The van der Waals surface area contributed by atoms with Gasteiger partial charge in [-0.15, -0.1) is 0 Å². The van der Waals surface area contributed by atoms with Crippen molar-refractivity contribution in [2.45, 2.75) is 51.3 Å². The number of hydrogen-bond acceptors (Lipinski definition) is 6. The van der Waals surface area contributed by atoms with E-state index < -0.39 is 5.60 Å². The maximum atomic E-state index is 13.0. The molecule has 1 aliphatic carbocycles. The number of carbonyl (C=O) groups excluding carboxylic acids is 1. The summed E-state index contributed by atoms with van der Waals surface area (Å²) in [5.41, 5.74) is 4.51. The molecule has 0 bridgehead atoms. The van der Waals surface area contributed by atoms with Crippen molar-refractivity contribution in [1.82, 2.24) is 29.2 Å². The van der Waals surface area contributed by atoms with Gasteiger partial charge in [-0.1, -0.05) is 13.0 Å². The lowest BCUT2D eigenvalue weighted by Crippen LogP contribution is -2.44. The number of benzene rings is 1. The number of rotatable bonds is 5. The van der Waals surface area contributed by atoms with E-state index in [9.17, 15) is 10.1 Å². The molecule has 1 amide bonds. The summed E-state index contributed by atoms with van der Waals surface area (Å²) in [6.07, 6.45) is 8.97. The molecule has 9 nitrogen and oxygen atoms in total. The molecule has 6 rings (SSSR count). The monoisotopic (exact) mass is 495 g/mol. The van der Waals surface area contributed by atoms with Gasteiger partial charge in [0.2, 0.25) is 0 Å². The summed E-state index contributed by atoms with van der Waals surface area (Å²) in [4.78, 5) is 24.1. The highest BCUT2D eigenvalue weighted by atomic mass is 16.6. The Bertz CT molecular complexity index is 1530. The largest absolute Gasteiger partial charge is 0.441 e. The number of aromatic nitrogens is 5. The van der Waals surface area contributed by atoms with Crippen LogP contribution in [0, 0.1) is 16.7 Å². The van der Waals surface area contributed by atoms with Gasteiger partial charge in [0, 0.05) is 25.4 Å². The third-order valence-corrected chi connectivity index (χ3v) is 7.67. The highest BCUT2D eigenvalue weighted by molar-refractivity contribution is 5.77. The summed E-state index contributed by atoms with van der Waals surface area (Å²) in [6, 6.07) is 13.7. The summed E-state index contributed by atoms with van der Waals surface area (Å²) in [6.45, 7) is 3.99. The smallest absolute Gasteiger partial charge is 0.410 e. The van der Waals surface area contributed by atoms with Gasteiger partial charge in [0.25, 0.3) is 0 Å². The topological polar surface area (TPSA) is 102 Å². The fourth-order valence-corrected chi connectivity index (χ4v) is 6.10. The molecule has 1 saturated heterocycles. The van der Waals surface area contributed by atoms with Gasteiger partial charge in [0.15, 0.2) is 0 Å². The molecule has 0 unspecified atom stereocenters. The minimum Gasteiger partial charge on any atom is -0.441 e. The SMILES string of the molecule is Cn1cc(-c2cccc(CN3C[C@]4(CCC[C@](C)(Cn5cnc6ccc(C#N)cc65)C4)OC3=O)n2)cn1. The summed E-state index contributed by atoms with van der Waals surface area (Å²) < 4.78 is 10.00. The van der Waals surface area contributed by atoms with Crippen LogP contribution in [0.15, 0.2) is 55.1 Å². The Labute approximate surface area is 215 Å². The highest BCUT2D eigenvalue weighted by Gasteiger charge is 2.51. The van der Waals surface area contributed by atoms with Gasteiger partial charge in [-0.2, -0.15) is 10.4 Å². The summed E-state index contributed by atoms with van der Waals surface area (Å²) in [5, 5.41) is 13.6. The van der Waals surface area contributed by atoms with E-state index in [1.54, 1.807) is 21.8 Å². The molecule has 1 spiro atoms. The molecule has 37 heavy (non-hydrogen) atoms. The van der Waals surface area contributed by atoms with Crippen LogP contribution in [-0.4, -0.2) is 47.5 Å². The summed E-state index contributed by atoms with van der Waals surface area (Å²) in [7, 11) is 1.88. The maximum absolute atomic E-state index is 13.0. The van der Waals surface area contributed by atoms with Crippen molar-refractivity contribution < 1.29 is 9.53 Å².